The Morgan fingerprint density at radius 3 is 2.46 bits per heavy atom. The van der Waals surface area contributed by atoms with Crippen molar-refractivity contribution >= 4 is 34.1 Å². The number of nitrogens with zero attached hydrogens (tertiary/aromatic N) is 3. The van der Waals surface area contributed by atoms with E-state index in [4.69, 9.17) is 16.9 Å². The number of nitriles is 1. The number of fused-ring (bicyclic) bond motifs is 1. The van der Waals surface area contributed by atoms with E-state index in [-0.39, 0.29) is 47.7 Å². The predicted molar refractivity (Wildman–Crippen MR) is 140 cm³/mol. The van der Waals surface area contributed by atoms with Crippen molar-refractivity contribution in [2.45, 2.75) is 64.6 Å². The van der Waals surface area contributed by atoms with E-state index in [2.05, 4.69) is 0 Å². The molecule has 4 rings (SSSR count). The number of aryl methyl sites for hydroxylation is 1. The van der Waals surface area contributed by atoms with Gasteiger partial charge in [-0.2, -0.15) is 5.26 Å². The maximum atomic E-state index is 13.1. The van der Waals surface area contributed by atoms with Gasteiger partial charge in [-0.05, 0) is 67.5 Å². The molecule has 0 amide bonds. The van der Waals surface area contributed by atoms with Crippen LogP contribution in [0.5, 0.6) is 0 Å². The quantitative estimate of drug-likeness (QED) is 0.413. The molecule has 1 atom stereocenters. The van der Waals surface area contributed by atoms with Crippen LogP contribution in [-0.4, -0.2) is 31.9 Å². The fourth-order valence-corrected chi connectivity index (χ4v) is 4.70. The highest BCUT2D eigenvalue weighted by Gasteiger charge is 2.25. The minimum atomic E-state index is -1.32. The molecular weight excluding hydrogens is 494 g/mol. The van der Waals surface area contributed by atoms with Gasteiger partial charge in [0.05, 0.1) is 21.5 Å². The topological polar surface area (TPSA) is 122 Å². The van der Waals surface area contributed by atoms with Crippen molar-refractivity contribution in [3.63, 3.8) is 0 Å². The summed E-state index contributed by atoms with van der Waals surface area (Å²) in [4.78, 5) is 50.9. The first kappa shape index (κ1) is 26.5. The van der Waals surface area contributed by atoms with E-state index >= 15 is 0 Å². The van der Waals surface area contributed by atoms with Crippen LogP contribution in [0.3, 0.4) is 0 Å². The van der Waals surface area contributed by atoms with Gasteiger partial charge in [-0.15, -0.1) is 0 Å². The fraction of sp³-hybridized carbons (Fsp3) is 0.393. The van der Waals surface area contributed by atoms with E-state index in [1.807, 2.05) is 13.0 Å². The predicted octanol–water partition coefficient (Wildman–Crippen LogP) is 3.18. The molecule has 2 aromatic carbocycles. The van der Waals surface area contributed by atoms with Gasteiger partial charge in [0.25, 0.3) is 5.56 Å². The van der Waals surface area contributed by atoms with Crippen molar-refractivity contribution in [1.29, 1.82) is 5.26 Å². The molecule has 9 heteroatoms. The molecule has 1 saturated carbocycles. The first-order chi connectivity index (χ1) is 17.7. The zero-order chi connectivity index (χ0) is 26.7. The largest absolute Gasteiger partial charge is 0.385 e. The van der Waals surface area contributed by atoms with Crippen LogP contribution >= 0.6 is 11.6 Å². The van der Waals surface area contributed by atoms with Gasteiger partial charge in [-0.25, -0.2) is 4.79 Å². The normalized spacial score (nSPS) is 13.9. The summed E-state index contributed by atoms with van der Waals surface area (Å²) in [6, 6.07) is 11.7. The third-order valence-electron chi connectivity index (χ3n) is 6.74. The Morgan fingerprint density at radius 2 is 1.81 bits per heavy atom. The molecule has 1 N–H and O–H groups in total. The molecule has 3 aromatic rings. The van der Waals surface area contributed by atoms with Gasteiger partial charge >= 0.3 is 5.69 Å². The number of hydrogen-bond acceptors (Lipinski definition) is 6. The molecule has 1 aliphatic carbocycles. The first-order valence-corrected chi connectivity index (χ1v) is 12.8. The zero-order valence-electron chi connectivity index (χ0n) is 20.6. The van der Waals surface area contributed by atoms with Crippen LogP contribution in [0.2, 0.25) is 5.02 Å². The number of benzene rings is 2. The standard InChI is InChI=1S/C28H28ClN3O5/c1-2-31-24-9-6-19(12-22(24)27(36)32(28(31)37)16-17-3-4-17)14-26(35)25(34)10-8-21(33)11-18-5-7-20(15-30)23(29)13-18/h5-7,9,12-13,17,25,34H,2-4,8,10-11,14,16H2,1H3/t25-/m1/s1. The van der Waals surface area contributed by atoms with Crippen molar-refractivity contribution in [3.8, 4) is 6.07 Å². The number of carbonyl (C=O) groups excluding carboxylic acids is 2. The number of aliphatic hydroxyl groups is 1. The Morgan fingerprint density at radius 1 is 1.11 bits per heavy atom. The second-order valence-corrected chi connectivity index (χ2v) is 9.98. The van der Waals surface area contributed by atoms with Crippen LogP contribution in [0, 0.1) is 17.2 Å². The van der Waals surface area contributed by atoms with Gasteiger partial charge in [0, 0.05) is 32.4 Å². The van der Waals surface area contributed by atoms with E-state index in [1.54, 1.807) is 41.0 Å². The molecule has 37 heavy (non-hydrogen) atoms. The van der Waals surface area contributed by atoms with Crippen LogP contribution < -0.4 is 11.2 Å². The van der Waals surface area contributed by atoms with Crippen molar-refractivity contribution in [2.75, 3.05) is 0 Å². The fourth-order valence-electron chi connectivity index (χ4n) is 4.46. The number of hydrogen-bond donors (Lipinski definition) is 1. The highest BCUT2D eigenvalue weighted by molar-refractivity contribution is 6.31. The van der Waals surface area contributed by atoms with Crippen LogP contribution in [0.25, 0.3) is 10.9 Å². The number of ketones is 2. The second kappa shape index (κ2) is 11.2. The number of carbonyl (C=O) groups is 2. The summed E-state index contributed by atoms with van der Waals surface area (Å²) in [7, 11) is 0. The lowest BCUT2D eigenvalue weighted by Gasteiger charge is -2.14. The SMILES string of the molecule is CCn1c(=O)n(CC2CC2)c(=O)c2cc(CC(=O)[C@H](O)CCC(=O)Cc3ccc(C#N)c(Cl)c3)ccc21. The highest BCUT2D eigenvalue weighted by atomic mass is 35.5. The van der Waals surface area contributed by atoms with Gasteiger partial charge in [-0.1, -0.05) is 23.7 Å². The molecule has 1 aliphatic rings. The van der Waals surface area contributed by atoms with Crippen molar-refractivity contribution in [3.05, 3.63) is 78.9 Å². The number of halogens is 1. The zero-order valence-corrected chi connectivity index (χ0v) is 21.3. The van der Waals surface area contributed by atoms with Crippen LogP contribution in [0.15, 0.2) is 46.0 Å². The average molecular weight is 522 g/mol. The molecule has 1 heterocycles. The Bertz CT molecular complexity index is 1530. The van der Waals surface area contributed by atoms with Crippen molar-refractivity contribution in [2.24, 2.45) is 5.92 Å². The Hall–Kier alpha value is -3.54. The molecular formula is C28H28ClN3O5. The smallest absolute Gasteiger partial charge is 0.331 e. The summed E-state index contributed by atoms with van der Waals surface area (Å²) < 4.78 is 2.85. The molecule has 1 fully saturated rings. The lowest BCUT2D eigenvalue weighted by molar-refractivity contribution is -0.127. The molecule has 8 nitrogen and oxygen atoms in total. The molecule has 0 aliphatic heterocycles. The lowest BCUT2D eigenvalue weighted by atomic mass is 9.98. The van der Waals surface area contributed by atoms with E-state index in [0.717, 1.165) is 12.8 Å². The van der Waals surface area contributed by atoms with E-state index in [9.17, 15) is 24.3 Å². The summed E-state index contributed by atoms with van der Waals surface area (Å²) in [6.07, 6.45) is 0.682. The summed E-state index contributed by atoms with van der Waals surface area (Å²) in [5.74, 6) is -0.257. The Balaban J connectivity index is 1.42. The molecule has 0 radical (unpaired) electrons. The average Bonchev–Trinajstić information content (AvgIpc) is 3.70. The van der Waals surface area contributed by atoms with E-state index in [1.165, 1.54) is 4.57 Å². The number of aromatic nitrogens is 2. The van der Waals surface area contributed by atoms with Crippen LogP contribution in [-0.2, 0) is 35.5 Å². The number of aliphatic hydroxyl groups excluding tert-OH is 1. The number of Topliss-reactive ketones (excluding diaryl/α,β-unsaturated/α-hetero) is 2. The van der Waals surface area contributed by atoms with Crippen LogP contribution in [0.1, 0.15) is 49.3 Å². The van der Waals surface area contributed by atoms with Gasteiger partial charge in [0.1, 0.15) is 18.0 Å². The van der Waals surface area contributed by atoms with E-state index in [0.29, 0.717) is 46.6 Å². The molecule has 0 bridgehead atoms. The van der Waals surface area contributed by atoms with Crippen molar-refractivity contribution < 1.29 is 14.7 Å². The first-order valence-electron chi connectivity index (χ1n) is 12.4. The molecule has 192 valence electrons. The second-order valence-electron chi connectivity index (χ2n) is 9.58. The molecule has 1 aromatic heterocycles. The number of rotatable bonds is 11. The Kier molecular flexibility index (Phi) is 8.06. The highest BCUT2D eigenvalue weighted by Crippen LogP contribution is 2.29. The van der Waals surface area contributed by atoms with Crippen LogP contribution in [0.4, 0.5) is 0 Å². The Labute approximate surface area is 218 Å². The van der Waals surface area contributed by atoms with Gasteiger partial charge in [0.15, 0.2) is 5.78 Å². The summed E-state index contributed by atoms with van der Waals surface area (Å²) in [5.41, 5.74) is 1.39. The summed E-state index contributed by atoms with van der Waals surface area (Å²) in [5, 5.41) is 20.0. The third-order valence-corrected chi connectivity index (χ3v) is 7.06. The minimum absolute atomic E-state index is 0.0108. The van der Waals surface area contributed by atoms with Gasteiger partial charge < -0.3 is 5.11 Å². The lowest BCUT2D eigenvalue weighted by Crippen LogP contribution is -2.40. The molecule has 0 saturated heterocycles. The van der Waals surface area contributed by atoms with Gasteiger partial charge in [0.2, 0.25) is 0 Å². The maximum Gasteiger partial charge on any atom is 0.331 e. The summed E-state index contributed by atoms with van der Waals surface area (Å²) >= 11 is 6.01. The van der Waals surface area contributed by atoms with E-state index < -0.39 is 11.9 Å². The van der Waals surface area contributed by atoms with Gasteiger partial charge in [-0.3, -0.25) is 23.5 Å². The summed E-state index contributed by atoms with van der Waals surface area (Å²) in [6.45, 7) is 2.66. The van der Waals surface area contributed by atoms with Crippen molar-refractivity contribution in [1.82, 2.24) is 9.13 Å². The molecule has 0 unspecified atom stereocenters. The third kappa shape index (κ3) is 6.07. The monoisotopic (exact) mass is 521 g/mol. The minimum Gasteiger partial charge on any atom is -0.385 e. The maximum absolute atomic E-state index is 13.1. The molecule has 0 spiro atoms.